The van der Waals surface area contributed by atoms with E-state index in [1.807, 2.05) is 6.92 Å². The summed E-state index contributed by atoms with van der Waals surface area (Å²) in [5, 5.41) is 33.1. The number of Topliss-reactive ketones (excluding diaryl/α,β-unsaturated/α-hetero) is 4. The minimum absolute atomic E-state index is 0. The zero-order valence-corrected chi connectivity index (χ0v) is 47.0. The number of aliphatic hydroxyl groups excluding tert-OH is 1. The maximum atomic E-state index is 12.9. The predicted molar refractivity (Wildman–Crippen MR) is 291 cm³/mol. The number of nitrogens with two attached hydrogens (primary N) is 1. The Morgan fingerprint density at radius 3 is 1.52 bits per heavy atom. The fraction of sp³-hybridized carbons (Fsp3) is 0.839. The lowest BCUT2D eigenvalue weighted by molar-refractivity contribution is -0.144. The van der Waals surface area contributed by atoms with E-state index in [1.54, 1.807) is 27.9 Å². The molecule has 0 radical (unpaired) electrons. The average Bonchev–Trinajstić information content (AvgIpc) is 3.34. The van der Waals surface area contributed by atoms with Crippen molar-refractivity contribution < 1.29 is 80.3 Å². The minimum Gasteiger partial charge on any atom is -0.481 e. The van der Waals surface area contributed by atoms with Crippen molar-refractivity contribution in [3.05, 3.63) is 0 Å². The van der Waals surface area contributed by atoms with Crippen molar-refractivity contribution in [3.8, 4) is 0 Å². The SMILES string of the molecule is CCCCC(=O)CC[C@H](CC(=O)CCCCCCCCCCCCCCCCC(=O)O)C(=O)O.COCCOCC(=O)NCCOCCOCC(=O)NCCCC[C@H](CC(=O)C(C)(C)C)C(=O)C[C@H](C(N)=O)[C@@H](C)O.[HH].[HH]. The van der Waals surface area contributed by atoms with Crippen molar-refractivity contribution in [2.24, 2.45) is 28.9 Å². The van der Waals surface area contributed by atoms with Gasteiger partial charge in [-0.1, -0.05) is 118 Å². The van der Waals surface area contributed by atoms with Crippen LogP contribution in [0.15, 0.2) is 0 Å². The second-order valence-electron chi connectivity index (χ2n) is 20.7. The zero-order valence-electron chi connectivity index (χ0n) is 47.0. The summed E-state index contributed by atoms with van der Waals surface area (Å²) in [5.41, 5.74) is 4.72. The fourth-order valence-electron chi connectivity index (χ4n) is 7.84. The van der Waals surface area contributed by atoms with Gasteiger partial charge in [0, 0.05) is 79.3 Å². The zero-order chi connectivity index (χ0) is 56.7. The van der Waals surface area contributed by atoms with Crippen LogP contribution in [0.3, 0.4) is 0 Å². The number of hydrogen-bond donors (Lipinski definition) is 6. The van der Waals surface area contributed by atoms with Crippen molar-refractivity contribution in [2.45, 2.75) is 214 Å². The van der Waals surface area contributed by atoms with E-state index in [2.05, 4.69) is 10.6 Å². The van der Waals surface area contributed by atoms with Crippen LogP contribution in [-0.4, -0.2) is 141 Å². The average molecular weight is 1080 g/mol. The summed E-state index contributed by atoms with van der Waals surface area (Å²) in [6, 6.07) is 0. The molecule has 0 fully saturated rings. The first-order chi connectivity index (χ1) is 35.7. The summed E-state index contributed by atoms with van der Waals surface area (Å²) in [6.45, 7) is 10.9. The van der Waals surface area contributed by atoms with Crippen LogP contribution >= 0.6 is 0 Å². The third-order valence-corrected chi connectivity index (χ3v) is 12.7. The Morgan fingerprint density at radius 1 is 0.547 bits per heavy atom. The van der Waals surface area contributed by atoms with E-state index in [9.17, 15) is 53.4 Å². The van der Waals surface area contributed by atoms with Crippen molar-refractivity contribution >= 4 is 52.8 Å². The van der Waals surface area contributed by atoms with Gasteiger partial charge in [-0.25, -0.2) is 0 Å². The number of carboxylic acid groups (broad SMARTS) is 2. The number of nitrogens with one attached hydrogen (secondary N) is 2. The number of aliphatic carboxylic acids is 2. The summed E-state index contributed by atoms with van der Waals surface area (Å²) in [4.78, 5) is 106. The van der Waals surface area contributed by atoms with Gasteiger partial charge in [-0.05, 0) is 45.4 Å². The number of carbonyl (C=O) groups excluding carboxylic acids is 7. The van der Waals surface area contributed by atoms with Gasteiger partial charge in [0.2, 0.25) is 17.7 Å². The molecule has 7 N–H and O–H groups in total. The normalized spacial score (nSPS) is 12.9. The molecule has 0 bridgehead atoms. The highest BCUT2D eigenvalue weighted by Crippen LogP contribution is 2.26. The molecule has 440 valence electrons. The lowest BCUT2D eigenvalue weighted by Gasteiger charge is -2.23. The summed E-state index contributed by atoms with van der Waals surface area (Å²) in [5.74, 6) is -5.50. The maximum Gasteiger partial charge on any atom is 0.306 e. The second kappa shape index (κ2) is 48.2. The first-order valence-corrected chi connectivity index (χ1v) is 27.9. The van der Waals surface area contributed by atoms with Gasteiger partial charge in [-0.2, -0.15) is 0 Å². The molecule has 0 rings (SSSR count). The van der Waals surface area contributed by atoms with Crippen LogP contribution in [0.2, 0.25) is 0 Å². The standard InChI is InChI=1S/C28H51N3O10.C28H50O6.2H2/c1-20(32)22(27(29)37)17-23(33)21(16-24(34)28(2,3)4)8-6-7-9-30-25(35)18-41-15-14-39-11-10-31-26(36)19-40-13-12-38-5;1-2-3-18-25(29)22-21-24(28(33)34)23-26(30)19-16-14-12-10-8-6-4-5-7-9-11-13-15-17-20-27(31)32;;/h20-22,32H,6-19H2,1-5H3,(H2,29,37)(H,30,35)(H,31,36);24H,2-23H2,1H3,(H,31,32)(H,33,34);2*1H/t20-,21-,22+;24-;;/m11../s1. The van der Waals surface area contributed by atoms with E-state index in [4.69, 9.17) is 29.8 Å². The van der Waals surface area contributed by atoms with E-state index in [0.29, 0.717) is 71.4 Å². The molecule has 3 amide bonds. The Balaban J connectivity index is -0.000000686. The molecule has 0 aliphatic carbocycles. The number of ketones is 4. The van der Waals surface area contributed by atoms with Crippen LogP contribution in [0.4, 0.5) is 0 Å². The van der Waals surface area contributed by atoms with Crippen LogP contribution in [0.1, 0.15) is 211 Å². The van der Waals surface area contributed by atoms with Crippen LogP contribution in [-0.2, 0) is 62.1 Å². The smallest absolute Gasteiger partial charge is 0.306 e. The monoisotopic (exact) mass is 1080 g/mol. The molecular weight excluding hydrogens is 971 g/mol. The van der Waals surface area contributed by atoms with Crippen molar-refractivity contribution in [1.82, 2.24) is 10.6 Å². The van der Waals surface area contributed by atoms with Crippen LogP contribution in [0.25, 0.3) is 0 Å². The quantitative estimate of drug-likeness (QED) is 0.0313. The topological polar surface area (TPSA) is 301 Å². The molecule has 19 nitrogen and oxygen atoms in total. The van der Waals surface area contributed by atoms with E-state index < -0.39 is 47.1 Å². The Labute approximate surface area is 452 Å². The van der Waals surface area contributed by atoms with Crippen LogP contribution in [0.5, 0.6) is 0 Å². The van der Waals surface area contributed by atoms with E-state index in [1.165, 1.54) is 58.3 Å². The molecule has 0 unspecified atom stereocenters. The first-order valence-electron chi connectivity index (χ1n) is 27.9. The summed E-state index contributed by atoms with van der Waals surface area (Å²) in [7, 11) is 1.55. The number of unbranched alkanes of at least 4 members (excludes halogenated alkanes) is 15. The molecule has 0 spiro atoms. The molecule has 4 atom stereocenters. The highest BCUT2D eigenvalue weighted by atomic mass is 16.5. The number of carbonyl (C=O) groups is 9. The molecule has 0 saturated heterocycles. The molecule has 0 aromatic carbocycles. The Kier molecular flexibility index (Phi) is 46.9. The maximum absolute atomic E-state index is 12.9. The molecule has 19 heteroatoms. The van der Waals surface area contributed by atoms with Gasteiger partial charge in [0.15, 0.2) is 0 Å². The van der Waals surface area contributed by atoms with E-state index >= 15 is 0 Å². The lowest BCUT2D eigenvalue weighted by Crippen LogP contribution is -2.36. The number of methoxy groups -OCH3 is 1. The summed E-state index contributed by atoms with van der Waals surface area (Å²) >= 11 is 0. The van der Waals surface area contributed by atoms with E-state index in [0.717, 1.165) is 51.4 Å². The summed E-state index contributed by atoms with van der Waals surface area (Å²) in [6.07, 6.45) is 19.9. The van der Waals surface area contributed by atoms with E-state index in [-0.39, 0.29) is 96.3 Å². The highest BCUT2D eigenvalue weighted by Gasteiger charge is 2.32. The number of hydrogen-bond acceptors (Lipinski definition) is 14. The van der Waals surface area contributed by atoms with Gasteiger partial charge < -0.3 is 50.6 Å². The van der Waals surface area contributed by atoms with Gasteiger partial charge in [0.1, 0.15) is 36.3 Å². The molecule has 0 aromatic rings. The van der Waals surface area contributed by atoms with Crippen molar-refractivity contribution in [1.29, 1.82) is 0 Å². The number of rotatable bonds is 51. The fourth-order valence-corrected chi connectivity index (χ4v) is 7.84. The Morgan fingerprint density at radius 2 is 1.04 bits per heavy atom. The molecule has 0 aromatic heterocycles. The number of primary amides is 1. The van der Waals surface area contributed by atoms with Gasteiger partial charge in [0.25, 0.3) is 0 Å². The van der Waals surface area contributed by atoms with Gasteiger partial charge >= 0.3 is 11.9 Å². The highest BCUT2D eigenvalue weighted by molar-refractivity contribution is 5.92. The molecule has 0 aliphatic rings. The predicted octanol–water partition coefficient (Wildman–Crippen LogP) is 8.15. The third-order valence-electron chi connectivity index (χ3n) is 12.7. The molecule has 0 aliphatic heterocycles. The van der Waals surface area contributed by atoms with Gasteiger partial charge in [-0.3, -0.25) is 43.2 Å². The number of carboxylic acids is 2. The van der Waals surface area contributed by atoms with Crippen molar-refractivity contribution in [3.63, 3.8) is 0 Å². The minimum atomic E-state index is -1.07. The number of amides is 3. The molecular formula is C56H105N3O16. The number of ether oxygens (including phenoxy) is 4. The molecule has 0 saturated carbocycles. The first kappa shape index (κ1) is 72.9. The number of aliphatic hydroxyl groups is 1. The van der Waals surface area contributed by atoms with Gasteiger partial charge in [-0.15, -0.1) is 0 Å². The lowest BCUT2D eigenvalue weighted by atomic mass is 9.80. The molecule has 0 heterocycles. The largest absolute Gasteiger partial charge is 0.481 e. The Hall–Kier alpha value is -4.17. The van der Waals surface area contributed by atoms with Crippen LogP contribution in [0, 0.1) is 23.2 Å². The molecule has 75 heavy (non-hydrogen) atoms. The van der Waals surface area contributed by atoms with Crippen molar-refractivity contribution in [2.75, 3.05) is 66.4 Å². The second-order valence-corrected chi connectivity index (χ2v) is 20.7. The summed E-state index contributed by atoms with van der Waals surface area (Å²) < 4.78 is 20.5. The van der Waals surface area contributed by atoms with Gasteiger partial charge in [0.05, 0.1) is 51.0 Å². The van der Waals surface area contributed by atoms with Crippen LogP contribution < -0.4 is 16.4 Å². The third kappa shape index (κ3) is 46.8. The Bertz CT molecular complexity index is 1600.